The predicted octanol–water partition coefficient (Wildman–Crippen LogP) is 4.98. The number of benzene rings is 1. The lowest BCUT2D eigenvalue weighted by Gasteiger charge is -2.13. The SMILES string of the molecule is CCC(=O)C(CCCCCCOc1ccc(S(C)=O)cc1Cl)C(=O)CC. The molecule has 0 aliphatic carbocycles. The lowest BCUT2D eigenvalue weighted by atomic mass is 9.90. The largest absolute Gasteiger partial charge is 0.492 e. The molecule has 0 radical (unpaired) electrons. The van der Waals surface area contributed by atoms with Gasteiger partial charge in [-0.25, -0.2) is 0 Å². The Bertz CT molecular complexity index is 614. The van der Waals surface area contributed by atoms with E-state index >= 15 is 0 Å². The van der Waals surface area contributed by atoms with Gasteiger partial charge in [-0.3, -0.25) is 13.8 Å². The first-order chi connectivity index (χ1) is 12.4. The summed E-state index contributed by atoms with van der Waals surface area (Å²) in [5.41, 5.74) is 0. The first-order valence-electron chi connectivity index (χ1n) is 9.21. The molecule has 146 valence electrons. The summed E-state index contributed by atoms with van der Waals surface area (Å²) < 4.78 is 17.1. The summed E-state index contributed by atoms with van der Waals surface area (Å²) in [7, 11) is -1.06. The summed E-state index contributed by atoms with van der Waals surface area (Å²) in [5, 5.41) is 0.469. The maximum atomic E-state index is 11.9. The Morgan fingerprint density at radius 2 is 1.69 bits per heavy atom. The van der Waals surface area contributed by atoms with Gasteiger partial charge in [0.1, 0.15) is 17.3 Å². The maximum Gasteiger partial charge on any atom is 0.143 e. The number of Topliss-reactive ketones (excluding diaryl/α,β-unsaturated/α-hetero) is 2. The van der Waals surface area contributed by atoms with Crippen LogP contribution < -0.4 is 4.74 Å². The third-order valence-electron chi connectivity index (χ3n) is 4.35. The van der Waals surface area contributed by atoms with Crippen molar-refractivity contribution < 1.29 is 18.5 Å². The molecule has 0 bridgehead atoms. The van der Waals surface area contributed by atoms with Gasteiger partial charge in [0, 0.05) is 34.8 Å². The fraction of sp³-hybridized carbons (Fsp3) is 0.600. The molecule has 6 heteroatoms. The number of hydrogen-bond donors (Lipinski definition) is 0. The van der Waals surface area contributed by atoms with Crippen molar-refractivity contribution in [1.29, 1.82) is 0 Å². The third-order valence-corrected chi connectivity index (χ3v) is 5.57. The Morgan fingerprint density at radius 3 is 2.23 bits per heavy atom. The van der Waals surface area contributed by atoms with Gasteiger partial charge in [-0.1, -0.05) is 44.7 Å². The molecule has 26 heavy (non-hydrogen) atoms. The monoisotopic (exact) mass is 400 g/mol. The molecule has 0 aliphatic heterocycles. The fourth-order valence-corrected chi connectivity index (χ4v) is 3.60. The van der Waals surface area contributed by atoms with Gasteiger partial charge in [-0.2, -0.15) is 0 Å². The normalized spacial score (nSPS) is 12.2. The summed E-state index contributed by atoms with van der Waals surface area (Å²) in [5.74, 6) is 0.309. The number of carbonyl (C=O) groups excluding carboxylic acids is 2. The molecule has 1 aromatic carbocycles. The molecule has 0 amide bonds. The number of carbonyl (C=O) groups is 2. The van der Waals surface area contributed by atoms with E-state index in [2.05, 4.69) is 0 Å². The van der Waals surface area contributed by atoms with Gasteiger partial charge in [0.05, 0.1) is 17.5 Å². The Labute approximate surface area is 164 Å². The van der Waals surface area contributed by atoms with Crippen LogP contribution in [0.4, 0.5) is 0 Å². The van der Waals surface area contributed by atoms with Gasteiger partial charge in [-0.15, -0.1) is 0 Å². The van der Waals surface area contributed by atoms with Crippen molar-refractivity contribution in [3.8, 4) is 5.75 Å². The van der Waals surface area contributed by atoms with Gasteiger partial charge >= 0.3 is 0 Å². The Morgan fingerprint density at radius 1 is 1.08 bits per heavy atom. The van der Waals surface area contributed by atoms with E-state index in [1.165, 1.54) is 0 Å². The molecule has 1 rings (SSSR count). The van der Waals surface area contributed by atoms with Crippen LogP contribution in [-0.2, 0) is 20.4 Å². The highest BCUT2D eigenvalue weighted by Gasteiger charge is 2.22. The van der Waals surface area contributed by atoms with Crippen LogP contribution >= 0.6 is 11.6 Å². The second-order valence-corrected chi connectivity index (χ2v) is 8.08. The van der Waals surface area contributed by atoms with Crippen LogP contribution in [0.3, 0.4) is 0 Å². The zero-order valence-corrected chi connectivity index (χ0v) is 17.5. The van der Waals surface area contributed by atoms with E-state index in [4.69, 9.17) is 16.3 Å². The van der Waals surface area contributed by atoms with E-state index < -0.39 is 16.7 Å². The van der Waals surface area contributed by atoms with E-state index in [0.717, 1.165) is 25.7 Å². The first kappa shape index (κ1) is 22.8. The van der Waals surface area contributed by atoms with Crippen LogP contribution in [0.25, 0.3) is 0 Å². The topological polar surface area (TPSA) is 60.4 Å². The molecule has 4 nitrogen and oxygen atoms in total. The molecule has 0 N–H and O–H groups in total. The summed E-state index contributed by atoms with van der Waals surface area (Å²) in [6, 6.07) is 5.17. The van der Waals surface area contributed by atoms with Crippen LogP contribution in [0.1, 0.15) is 58.8 Å². The van der Waals surface area contributed by atoms with Crippen molar-refractivity contribution in [1.82, 2.24) is 0 Å². The van der Waals surface area contributed by atoms with Gasteiger partial charge in [0.2, 0.25) is 0 Å². The minimum atomic E-state index is -1.06. The highest BCUT2D eigenvalue weighted by molar-refractivity contribution is 7.84. The molecule has 0 heterocycles. The number of rotatable bonds is 13. The summed E-state index contributed by atoms with van der Waals surface area (Å²) in [6.07, 6.45) is 6.81. The van der Waals surface area contributed by atoms with Crippen LogP contribution in [-0.4, -0.2) is 28.6 Å². The number of ketones is 2. The molecule has 0 saturated heterocycles. The van der Waals surface area contributed by atoms with Gasteiger partial charge in [-0.05, 0) is 31.0 Å². The van der Waals surface area contributed by atoms with Crippen LogP contribution in [0.15, 0.2) is 23.1 Å². The quantitative estimate of drug-likeness (QED) is 0.346. The predicted molar refractivity (Wildman–Crippen MR) is 106 cm³/mol. The van der Waals surface area contributed by atoms with Crippen LogP contribution in [0.2, 0.25) is 5.02 Å². The molecular formula is C20H29ClO4S. The van der Waals surface area contributed by atoms with E-state index in [1.54, 1.807) is 24.5 Å². The van der Waals surface area contributed by atoms with Crippen molar-refractivity contribution in [3.63, 3.8) is 0 Å². The lowest BCUT2D eigenvalue weighted by Crippen LogP contribution is -2.22. The highest BCUT2D eigenvalue weighted by atomic mass is 35.5. The molecule has 0 fully saturated rings. The molecule has 1 unspecified atom stereocenters. The second kappa shape index (κ2) is 12.2. The standard InChI is InChI=1S/C20H29ClO4S/c1-4-18(22)16(19(23)5-2)10-8-6-7-9-13-25-20-12-11-15(26(3)24)14-17(20)21/h11-12,14,16H,4-10,13H2,1-3H3. The minimum Gasteiger partial charge on any atom is -0.492 e. The molecule has 1 atom stereocenters. The number of ether oxygens (including phenoxy) is 1. The van der Waals surface area contributed by atoms with E-state index in [9.17, 15) is 13.8 Å². The van der Waals surface area contributed by atoms with E-state index in [1.807, 2.05) is 13.8 Å². The molecule has 0 aromatic heterocycles. The fourth-order valence-electron chi connectivity index (χ4n) is 2.76. The van der Waals surface area contributed by atoms with Crippen molar-refractivity contribution >= 4 is 34.0 Å². The second-order valence-electron chi connectivity index (χ2n) is 6.29. The maximum absolute atomic E-state index is 11.9. The van der Waals surface area contributed by atoms with Crippen LogP contribution in [0.5, 0.6) is 5.75 Å². The number of unbranched alkanes of at least 4 members (excludes halogenated alkanes) is 3. The Balaban J connectivity index is 2.28. The van der Waals surface area contributed by atoms with E-state index in [0.29, 0.717) is 41.5 Å². The van der Waals surface area contributed by atoms with Crippen molar-refractivity contribution in [3.05, 3.63) is 23.2 Å². The average Bonchev–Trinajstić information content (AvgIpc) is 2.63. The number of halogens is 1. The average molecular weight is 401 g/mol. The highest BCUT2D eigenvalue weighted by Crippen LogP contribution is 2.27. The minimum absolute atomic E-state index is 0.0614. The molecule has 0 saturated carbocycles. The van der Waals surface area contributed by atoms with Crippen LogP contribution in [0, 0.1) is 5.92 Å². The summed E-state index contributed by atoms with van der Waals surface area (Å²) in [4.78, 5) is 24.4. The zero-order valence-electron chi connectivity index (χ0n) is 15.9. The van der Waals surface area contributed by atoms with Gasteiger partial charge < -0.3 is 4.74 Å². The van der Waals surface area contributed by atoms with Crippen molar-refractivity contribution in [2.45, 2.75) is 63.7 Å². The van der Waals surface area contributed by atoms with Crippen molar-refractivity contribution in [2.75, 3.05) is 12.9 Å². The van der Waals surface area contributed by atoms with Gasteiger partial charge in [0.15, 0.2) is 0 Å². The molecule has 1 aromatic rings. The molecular weight excluding hydrogens is 372 g/mol. The van der Waals surface area contributed by atoms with Gasteiger partial charge in [0.25, 0.3) is 0 Å². The first-order valence-corrected chi connectivity index (χ1v) is 11.2. The Kier molecular flexibility index (Phi) is 10.7. The Hall–Kier alpha value is -1.20. The third kappa shape index (κ3) is 7.58. The smallest absolute Gasteiger partial charge is 0.143 e. The lowest BCUT2D eigenvalue weighted by molar-refractivity contribution is -0.132. The molecule has 0 aliphatic rings. The van der Waals surface area contributed by atoms with Crippen molar-refractivity contribution in [2.24, 2.45) is 5.92 Å². The molecule has 0 spiro atoms. The van der Waals surface area contributed by atoms with E-state index in [-0.39, 0.29) is 11.6 Å². The summed E-state index contributed by atoms with van der Waals surface area (Å²) in [6.45, 7) is 4.18. The zero-order chi connectivity index (χ0) is 19.5. The number of hydrogen-bond acceptors (Lipinski definition) is 4. The summed E-state index contributed by atoms with van der Waals surface area (Å²) >= 11 is 6.13.